The minimum absolute atomic E-state index is 0.187. The van der Waals surface area contributed by atoms with Crippen LogP contribution in [0.1, 0.15) is 67.3 Å². The van der Waals surface area contributed by atoms with Crippen molar-refractivity contribution >= 4 is 22.5 Å². The number of carbonyl (C=O) groups is 1. The van der Waals surface area contributed by atoms with Gasteiger partial charge in [0.1, 0.15) is 11.4 Å². The fourth-order valence-corrected chi connectivity index (χ4v) is 4.38. The first kappa shape index (κ1) is 24.2. The molecule has 1 aliphatic carbocycles. The molecule has 10 heteroatoms. The zero-order valence-corrected chi connectivity index (χ0v) is 18.9. The van der Waals surface area contributed by atoms with Crippen molar-refractivity contribution in [2.45, 2.75) is 57.3 Å². The fourth-order valence-electron chi connectivity index (χ4n) is 4.38. The van der Waals surface area contributed by atoms with Crippen molar-refractivity contribution in [3.8, 4) is 0 Å². The highest BCUT2D eigenvalue weighted by atomic mass is 19.4. The van der Waals surface area contributed by atoms with Crippen molar-refractivity contribution < 1.29 is 28.2 Å². The second-order valence-electron chi connectivity index (χ2n) is 9.34. The third-order valence-corrected chi connectivity index (χ3v) is 6.29. The van der Waals surface area contributed by atoms with E-state index in [0.717, 1.165) is 43.2 Å². The Morgan fingerprint density at radius 2 is 1.88 bits per heavy atom. The average molecular weight is 476 g/mol. The van der Waals surface area contributed by atoms with E-state index in [0.29, 0.717) is 17.0 Å². The molecule has 0 radical (unpaired) electrons. The third kappa shape index (κ3) is 5.07. The summed E-state index contributed by atoms with van der Waals surface area (Å²) in [4.78, 5) is 16.2. The number of nitrogens with zero attached hydrogens (tertiary/aromatic N) is 3. The number of alkyl halides is 3. The Morgan fingerprint density at radius 1 is 1.18 bits per heavy atom. The van der Waals surface area contributed by atoms with Gasteiger partial charge in [-0.3, -0.25) is 9.48 Å². The van der Waals surface area contributed by atoms with Gasteiger partial charge in [-0.1, -0.05) is 6.07 Å². The summed E-state index contributed by atoms with van der Waals surface area (Å²) < 4.78 is 40.9. The number of rotatable bonds is 5. The SMILES string of the molecule is CC(C)(O)c1cc2nn([C@H]3CC[C@H](CO)CC3)cc2cc1NC(=O)c1cccc(C(F)(F)F)n1. The smallest absolute Gasteiger partial charge is 0.396 e. The third-order valence-electron chi connectivity index (χ3n) is 6.29. The van der Waals surface area contributed by atoms with Crippen LogP contribution in [0.15, 0.2) is 36.5 Å². The van der Waals surface area contributed by atoms with Crippen molar-refractivity contribution in [3.05, 3.63) is 53.5 Å². The summed E-state index contributed by atoms with van der Waals surface area (Å²) in [5.41, 5.74) is -1.59. The van der Waals surface area contributed by atoms with Crippen LogP contribution in [-0.4, -0.2) is 37.5 Å². The maximum Gasteiger partial charge on any atom is 0.433 e. The molecule has 1 aromatic carbocycles. The molecular weight excluding hydrogens is 449 g/mol. The van der Waals surface area contributed by atoms with Crippen LogP contribution >= 0.6 is 0 Å². The highest BCUT2D eigenvalue weighted by Crippen LogP contribution is 2.35. The first-order chi connectivity index (χ1) is 16.0. The molecule has 3 aromatic rings. The van der Waals surface area contributed by atoms with Crippen LogP contribution in [0.5, 0.6) is 0 Å². The van der Waals surface area contributed by atoms with Gasteiger partial charge in [-0.2, -0.15) is 18.3 Å². The van der Waals surface area contributed by atoms with Crippen LogP contribution in [-0.2, 0) is 11.8 Å². The molecule has 0 bridgehead atoms. The molecule has 1 amide bonds. The second-order valence-corrected chi connectivity index (χ2v) is 9.34. The molecule has 1 aliphatic rings. The van der Waals surface area contributed by atoms with Crippen LogP contribution in [0.4, 0.5) is 18.9 Å². The molecule has 2 heterocycles. The van der Waals surface area contributed by atoms with E-state index in [2.05, 4.69) is 15.4 Å². The summed E-state index contributed by atoms with van der Waals surface area (Å²) in [7, 11) is 0. The Morgan fingerprint density at radius 3 is 2.50 bits per heavy atom. The van der Waals surface area contributed by atoms with Crippen molar-refractivity contribution in [1.82, 2.24) is 14.8 Å². The summed E-state index contributed by atoms with van der Waals surface area (Å²) in [5, 5.41) is 28.1. The molecule has 4 rings (SSSR count). The summed E-state index contributed by atoms with van der Waals surface area (Å²) in [5.74, 6) is -0.500. The minimum atomic E-state index is -4.67. The number of amides is 1. The molecule has 3 N–H and O–H groups in total. The van der Waals surface area contributed by atoms with Crippen molar-refractivity contribution in [1.29, 1.82) is 0 Å². The van der Waals surface area contributed by atoms with E-state index in [4.69, 9.17) is 0 Å². The van der Waals surface area contributed by atoms with Crippen molar-refractivity contribution in [2.75, 3.05) is 11.9 Å². The molecular formula is C24H27F3N4O3. The molecule has 2 aromatic heterocycles. The highest BCUT2D eigenvalue weighted by Gasteiger charge is 2.33. The largest absolute Gasteiger partial charge is 0.433 e. The van der Waals surface area contributed by atoms with Gasteiger partial charge in [-0.15, -0.1) is 0 Å². The lowest BCUT2D eigenvalue weighted by atomic mass is 9.87. The Kier molecular flexibility index (Phi) is 6.39. The van der Waals surface area contributed by atoms with Gasteiger partial charge in [0.05, 0.1) is 17.2 Å². The zero-order valence-electron chi connectivity index (χ0n) is 18.9. The van der Waals surface area contributed by atoms with Gasteiger partial charge in [-0.05, 0) is 69.7 Å². The van der Waals surface area contributed by atoms with E-state index in [1.165, 1.54) is 6.07 Å². The number of benzene rings is 1. The maximum absolute atomic E-state index is 13.0. The van der Waals surface area contributed by atoms with Crippen LogP contribution in [0.25, 0.3) is 10.9 Å². The predicted molar refractivity (Wildman–Crippen MR) is 120 cm³/mol. The number of aliphatic hydroxyl groups excluding tert-OH is 1. The number of hydrogen-bond acceptors (Lipinski definition) is 5. The quantitative estimate of drug-likeness (QED) is 0.498. The zero-order chi connectivity index (χ0) is 24.7. The number of pyridine rings is 1. The minimum Gasteiger partial charge on any atom is -0.396 e. The van der Waals surface area contributed by atoms with E-state index in [1.54, 1.807) is 26.0 Å². The molecule has 0 spiro atoms. The summed E-state index contributed by atoms with van der Waals surface area (Å²) >= 11 is 0. The number of halogens is 3. The van der Waals surface area contributed by atoms with Gasteiger partial charge in [0.25, 0.3) is 5.91 Å². The number of nitrogens with one attached hydrogen (secondary N) is 1. The van der Waals surface area contributed by atoms with Crippen LogP contribution < -0.4 is 5.32 Å². The van der Waals surface area contributed by atoms with E-state index in [1.807, 2.05) is 10.9 Å². The number of anilines is 1. The normalized spacial score (nSPS) is 19.4. The Bertz CT molecular complexity index is 1190. The van der Waals surface area contributed by atoms with Gasteiger partial charge in [0.15, 0.2) is 0 Å². The maximum atomic E-state index is 13.0. The van der Waals surface area contributed by atoms with Gasteiger partial charge in [0.2, 0.25) is 0 Å². The molecule has 1 fully saturated rings. The first-order valence-corrected chi connectivity index (χ1v) is 11.2. The van der Waals surface area contributed by atoms with E-state index in [9.17, 15) is 28.2 Å². The van der Waals surface area contributed by atoms with Gasteiger partial charge < -0.3 is 15.5 Å². The van der Waals surface area contributed by atoms with Gasteiger partial charge in [-0.25, -0.2) is 4.98 Å². The second kappa shape index (κ2) is 8.99. The molecule has 182 valence electrons. The van der Waals surface area contributed by atoms with Crippen LogP contribution in [0.2, 0.25) is 0 Å². The summed E-state index contributed by atoms with van der Waals surface area (Å²) in [6, 6.07) is 6.66. The number of hydrogen-bond donors (Lipinski definition) is 3. The van der Waals surface area contributed by atoms with E-state index < -0.39 is 23.4 Å². The Balaban J connectivity index is 1.66. The number of aromatic nitrogens is 3. The molecule has 0 aliphatic heterocycles. The molecule has 1 saturated carbocycles. The predicted octanol–water partition coefficient (Wildman–Crippen LogP) is 4.65. The lowest BCUT2D eigenvalue weighted by Crippen LogP contribution is -2.22. The molecule has 0 unspecified atom stereocenters. The van der Waals surface area contributed by atoms with Crippen molar-refractivity contribution in [3.63, 3.8) is 0 Å². The fraction of sp³-hybridized carbons (Fsp3) is 0.458. The lowest BCUT2D eigenvalue weighted by Gasteiger charge is -2.27. The Hall–Kier alpha value is -2.98. The first-order valence-electron chi connectivity index (χ1n) is 11.2. The van der Waals surface area contributed by atoms with Gasteiger partial charge in [0, 0.05) is 29.4 Å². The molecule has 7 nitrogen and oxygen atoms in total. The highest BCUT2D eigenvalue weighted by molar-refractivity contribution is 6.04. The summed E-state index contributed by atoms with van der Waals surface area (Å²) in [6.07, 6.45) is 0.809. The van der Waals surface area contributed by atoms with Crippen LogP contribution in [0.3, 0.4) is 0 Å². The molecule has 34 heavy (non-hydrogen) atoms. The lowest BCUT2D eigenvalue weighted by molar-refractivity contribution is -0.141. The van der Waals surface area contributed by atoms with E-state index >= 15 is 0 Å². The number of fused-ring (bicyclic) bond motifs is 1. The van der Waals surface area contributed by atoms with E-state index in [-0.39, 0.29) is 24.0 Å². The van der Waals surface area contributed by atoms with Crippen LogP contribution in [0, 0.1) is 5.92 Å². The topological polar surface area (TPSA) is 100 Å². The Labute approximate surface area is 194 Å². The number of aliphatic hydroxyl groups is 2. The van der Waals surface area contributed by atoms with Crippen molar-refractivity contribution in [2.24, 2.45) is 5.92 Å². The number of carbonyl (C=O) groups excluding carboxylic acids is 1. The monoisotopic (exact) mass is 476 g/mol. The molecule has 0 atom stereocenters. The standard InChI is InChI=1S/C24H27F3N4O3/c1-23(2,34)17-11-19-15(12-31(30-19)16-8-6-14(13-32)7-9-16)10-20(17)29-22(33)18-4-3-5-21(28-18)24(25,26)27/h3-5,10-12,14,16,32,34H,6-9,13H2,1-2H3,(H,29,33)/t14-,16-. The van der Waals surface area contributed by atoms with Gasteiger partial charge >= 0.3 is 6.18 Å². The summed E-state index contributed by atoms with van der Waals surface area (Å²) in [6.45, 7) is 3.30. The molecule has 0 saturated heterocycles. The average Bonchev–Trinajstić information content (AvgIpc) is 3.20.